The molecule has 4 nitrogen and oxygen atoms in total. The van der Waals surface area contributed by atoms with Crippen LogP contribution in [0.25, 0.3) is 11.6 Å². The van der Waals surface area contributed by atoms with Crippen LogP contribution in [0, 0.1) is 6.92 Å². The Kier molecular flexibility index (Phi) is 5.79. The van der Waals surface area contributed by atoms with Crippen molar-refractivity contribution in [2.75, 3.05) is 4.90 Å². The molecule has 0 spiro atoms. The van der Waals surface area contributed by atoms with E-state index in [9.17, 15) is 9.59 Å². The quantitative estimate of drug-likeness (QED) is 0.267. The van der Waals surface area contributed by atoms with E-state index >= 15 is 0 Å². The van der Waals surface area contributed by atoms with Gasteiger partial charge >= 0.3 is 0 Å². The van der Waals surface area contributed by atoms with Crippen LogP contribution in [-0.2, 0) is 11.4 Å². The first-order valence-electron chi connectivity index (χ1n) is 11.1. The first-order chi connectivity index (χ1) is 16.6. The number of benzene rings is 4. The van der Waals surface area contributed by atoms with Crippen molar-refractivity contribution in [3.63, 3.8) is 0 Å². The van der Waals surface area contributed by atoms with Crippen LogP contribution in [0.3, 0.4) is 0 Å². The maximum Gasteiger partial charge on any atom is 0.265 e. The number of anilines is 1. The van der Waals surface area contributed by atoms with E-state index in [1.807, 2.05) is 104 Å². The van der Waals surface area contributed by atoms with Crippen molar-refractivity contribution < 1.29 is 14.3 Å². The summed E-state index contributed by atoms with van der Waals surface area (Å²) < 4.78 is 5.87. The van der Waals surface area contributed by atoms with Crippen LogP contribution in [0.15, 0.2) is 103 Å². The van der Waals surface area contributed by atoms with Crippen molar-refractivity contribution in [1.29, 1.82) is 0 Å². The summed E-state index contributed by atoms with van der Waals surface area (Å²) in [6.07, 6.45) is 1.83. The van der Waals surface area contributed by atoms with E-state index in [4.69, 9.17) is 4.74 Å². The fraction of sp³-hybridized carbons (Fsp3) is 0.0667. The third-order valence-corrected chi connectivity index (χ3v) is 5.78. The van der Waals surface area contributed by atoms with Gasteiger partial charge in [-0.15, -0.1) is 0 Å². The second-order valence-corrected chi connectivity index (χ2v) is 8.23. The zero-order chi connectivity index (χ0) is 23.5. The average Bonchev–Trinajstić information content (AvgIpc) is 2.87. The Morgan fingerprint density at radius 2 is 1.44 bits per heavy atom. The van der Waals surface area contributed by atoms with Crippen LogP contribution in [0.5, 0.6) is 5.75 Å². The fourth-order valence-electron chi connectivity index (χ4n) is 4.06. The van der Waals surface area contributed by atoms with Gasteiger partial charge in [0.1, 0.15) is 12.4 Å². The van der Waals surface area contributed by atoms with Crippen LogP contribution >= 0.6 is 0 Å². The molecule has 4 aromatic carbocycles. The Hall–Kier alpha value is -4.44. The van der Waals surface area contributed by atoms with Gasteiger partial charge < -0.3 is 4.74 Å². The fourth-order valence-corrected chi connectivity index (χ4v) is 4.06. The van der Waals surface area contributed by atoms with Gasteiger partial charge in [0.05, 0.1) is 5.69 Å². The number of amides is 2. The predicted octanol–water partition coefficient (Wildman–Crippen LogP) is 6.30. The average molecular weight is 446 g/mol. The maximum atomic E-state index is 13.6. The second kappa shape index (κ2) is 9.20. The van der Waals surface area contributed by atoms with Crippen molar-refractivity contribution in [3.05, 3.63) is 131 Å². The molecular formula is C30H23NO3. The number of nitrogens with zero attached hydrogens (tertiary/aromatic N) is 1. The van der Waals surface area contributed by atoms with E-state index in [-0.39, 0.29) is 11.8 Å². The summed E-state index contributed by atoms with van der Waals surface area (Å²) in [4.78, 5) is 28.0. The minimum atomic E-state index is -0.335. The molecule has 1 heterocycles. The zero-order valence-electron chi connectivity index (χ0n) is 18.8. The van der Waals surface area contributed by atoms with Crippen LogP contribution in [0.2, 0.25) is 0 Å². The van der Waals surface area contributed by atoms with Gasteiger partial charge in [-0.25, -0.2) is 4.90 Å². The SMILES string of the molecule is Cc1cccc(N2C(=O)C(=Cc3ccc(OCc4ccccc4)cc3)c3ccccc3C2=O)c1. The molecule has 0 radical (unpaired) electrons. The normalized spacial score (nSPS) is 14.3. The molecule has 1 aliphatic heterocycles. The van der Waals surface area contributed by atoms with Crippen LogP contribution in [-0.4, -0.2) is 11.8 Å². The van der Waals surface area contributed by atoms with Gasteiger partial charge in [-0.3, -0.25) is 9.59 Å². The van der Waals surface area contributed by atoms with E-state index in [1.54, 1.807) is 12.1 Å². The standard InChI is InChI=1S/C30H23NO3/c1-21-8-7-11-24(18-21)31-29(32)27-13-6-5-12-26(27)28(30(31)33)19-22-14-16-25(17-15-22)34-20-23-9-3-2-4-10-23/h2-19H,20H2,1H3. The van der Waals surface area contributed by atoms with E-state index in [0.717, 1.165) is 22.4 Å². The van der Waals surface area contributed by atoms with Crippen molar-refractivity contribution in [1.82, 2.24) is 0 Å². The summed E-state index contributed by atoms with van der Waals surface area (Å²) in [5.74, 6) is 0.102. The van der Waals surface area contributed by atoms with Crippen LogP contribution < -0.4 is 9.64 Å². The van der Waals surface area contributed by atoms with Crippen molar-refractivity contribution in [3.8, 4) is 5.75 Å². The Morgan fingerprint density at radius 1 is 0.735 bits per heavy atom. The van der Waals surface area contributed by atoms with Gasteiger partial charge in [0.2, 0.25) is 0 Å². The van der Waals surface area contributed by atoms with Gasteiger partial charge in [0, 0.05) is 11.1 Å². The van der Waals surface area contributed by atoms with E-state index in [1.165, 1.54) is 4.90 Å². The van der Waals surface area contributed by atoms with Gasteiger partial charge in [0.15, 0.2) is 0 Å². The summed E-state index contributed by atoms with van der Waals surface area (Å²) in [5.41, 5.74) is 5.13. The Morgan fingerprint density at radius 3 is 2.18 bits per heavy atom. The van der Waals surface area contributed by atoms with Gasteiger partial charge in [0.25, 0.3) is 11.8 Å². The summed E-state index contributed by atoms with van der Waals surface area (Å²) in [5, 5.41) is 0. The second-order valence-electron chi connectivity index (χ2n) is 8.23. The monoisotopic (exact) mass is 445 g/mol. The molecule has 0 aromatic heterocycles. The highest BCUT2D eigenvalue weighted by molar-refractivity contribution is 6.43. The number of imide groups is 1. The summed E-state index contributed by atoms with van der Waals surface area (Å²) in [6, 6.07) is 32.3. The molecule has 166 valence electrons. The minimum absolute atomic E-state index is 0.312. The summed E-state index contributed by atoms with van der Waals surface area (Å²) >= 11 is 0. The highest BCUT2D eigenvalue weighted by Crippen LogP contribution is 2.33. The molecule has 1 aliphatic rings. The molecule has 0 saturated heterocycles. The lowest BCUT2D eigenvalue weighted by atomic mass is 9.91. The lowest BCUT2D eigenvalue weighted by Gasteiger charge is -2.29. The van der Waals surface area contributed by atoms with Crippen molar-refractivity contribution in [2.45, 2.75) is 13.5 Å². The molecular weight excluding hydrogens is 422 g/mol. The molecule has 0 fully saturated rings. The third kappa shape index (κ3) is 4.26. The molecule has 0 aliphatic carbocycles. The molecule has 5 rings (SSSR count). The molecule has 4 aromatic rings. The largest absolute Gasteiger partial charge is 0.489 e. The maximum absolute atomic E-state index is 13.6. The summed E-state index contributed by atoms with van der Waals surface area (Å²) in [6.45, 7) is 2.43. The van der Waals surface area contributed by atoms with E-state index < -0.39 is 0 Å². The first-order valence-corrected chi connectivity index (χ1v) is 11.1. The molecule has 2 amide bonds. The summed E-state index contributed by atoms with van der Waals surface area (Å²) in [7, 11) is 0. The number of hydrogen-bond donors (Lipinski definition) is 0. The Labute approximate surface area is 198 Å². The number of ether oxygens (including phenoxy) is 1. The van der Waals surface area contributed by atoms with E-state index in [0.29, 0.717) is 29.0 Å². The van der Waals surface area contributed by atoms with Crippen molar-refractivity contribution >= 4 is 29.2 Å². The molecule has 4 heteroatoms. The highest BCUT2D eigenvalue weighted by atomic mass is 16.5. The topological polar surface area (TPSA) is 46.6 Å². The predicted molar refractivity (Wildman–Crippen MR) is 135 cm³/mol. The smallest absolute Gasteiger partial charge is 0.265 e. The van der Waals surface area contributed by atoms with Gasteiger partial charge in [-0.2, -0.15) is 0 Å². The number of aryl methyl sites for hydroxylation is 1. The van der Waals surface area contributed by atoms with Crippen molar-refractivity contribution in [2.24, 2.45) is 0 Å². The Bertz CT molecular complexity index is 1390. The Balaban J connectivity index is 1.46. The van der Waals surface area contributed by atoms with Crippen LogP contribution in [0.1, 0.15) is 32.6 Å². The number of carbonyl (C=O) groups is 2. The lowest BCUT2D eigenvalue weighted by Crippen LogP contribution is -2.41. The van der Waals surface area contributed by atoms with Crippen LogP contribution in [0.4, 0.5) is 5.69 Å². The highest BCUT2D eigenvalue weighted by Gasteiger charge is 2.35. The molecule has 0 N–H and O–H groups in total. The number of rotatable bonds is 5. The molecule has 34 heavy (non-hydrogen) atoms. The number of carbonyl (C=O) groups excluding carboxylic acids is 2. The minimum Gasteiger partial charge on any atom is -0.489 e. The lowest BCUT2D eigenvalue weighted by molar-refractivity contribution is -0.112. The molecule has 0 bridgehead atoms. The third-order valence-electron chi connectivity index (χ3n) is 5.78. The number of fused-ring (bicyclic) bond motifs is 1. The van der Waals surface area contributed by atoms with Gasteiger partial charge in [-0.05, 0) is 65.6 Å². The molecule has 0 unspecified atom stereocenters. The zero-order valence-corrected chi connectivity index (χ0v) is 18.8. The molecule has 0 atom stereocenters. The van der Waals surface area contributed by atoms with Gasteiger partial charge in [-0.1, -0.05) is 72.8 Å². The number of hydrogen-bond acceptors (Lipinski definition) is 3. The first kappa shape index (κ1) is 21.4. The molecule has 0 saturated carbocycles. The van der Waals surface area contributed by atoms with E-state index in [2.05, 4.69) is 0 Å².